The highest BCUT2D eigenvalue weighted by Crippen LogP contribution is 2.32. The van der Waals surface area contributed by atoms with Crippen LogP contribution in [-0.2, 0) is 12.0 Å². The molecule has 154 valence electrons. The Morgan fingerprint density at radius 3 is 2.21 bits per heavy atom. The van der Waals surface area contributed by atoms with Crippen LogP contribution in [0, 0.1) is 0 Å². The lowest BCUT2D eigenvalue weighted by Gasteiger charge is -2.19. The van der Waals surface area contributed by atoms with Crippen molar-refractivity contribution < 1.29 is 14.2 Å². The van der Waals surface area contributed by atoms with Gasteiger partial charge in [0.05, 0.1) is 13.2 Å². The zero-order chi connectivity index (χ0) is 20.9. The number of aromatic amines is 1. The summed E-state index contributed by atoms with van der Waals surface area (Å²) in [6.45, 7) is 11.9. The Kier molecular flexibility index (Phi) is 6.42. The second kappa shape index (κ2) is 8.99. The van der Waals surface area contributed by atoms with Crippen molar-refractivity contribution in [2.75, 3.05) is 13.2 Å². The Morgan fingerprint density at radius 1 is 0.862 bits per heavy atom. The highest BCUT2D eigenvalue weighted by molar-refractivity contribution is 5.60. The van der Waals surface area contributed by atoms with Gasteiger partial charge in [0, 0.05) is 5.56 Å². The molecule has 0 fully saturated rings. The number of H-pyrrole nitrogens is 1. The van der Waals surface area contributed by atoms with Gasteiger partial charge in [0.15, 0.2) is 23.1 Å². The molecule has 0 atom stereocenters. The molecular formula is C23H29N3O3. The normalized spacial score (nSPS) is 11.3. The van der Waals surface area contributed by atoms with Crippen LogP contribution in [0.5, 0.6) is 17.2 Å². The van der Waals surface area contributed by atoms with Gasteiger partial charge in [0.1, 0.15) is 12.4 Å². The first-order valence-electron chi connectivity index (χ1n) is 9.95. The van der Waals surface area contributed by atoms with Gasteiger partial charge >= 0.3 is 0 Å². The van der Waals surface area contributed by atoms with Crippen LogP contribution in [0.4, 0.5) is 0 Å². The second-order valence-electron chi connectivity index (χ2n) is 7.70. The number of hydrogen-bond acceptors (Lipinski definition) is 5. The van der Waals surface area contributed by atoms with Crippen LogP contribution in [0.15, 0.2) is 42.5 Å². The molecule has 0 saturated carbocycles. The van der Waals surface area contributed by atoms with Gasteiger partial charge in [-0.2, -0.15) is 5.10 Å². The minimum Gasteiger partial charge on any atom is -0.490 e. The van der Waals surface area contributed by atoms with Crippen molar-refractivity contribution in [2.24, 2.45) is 0 Å². The lowest BCUT2D eigenvalue weighted by molar-refractivity contribution is 0.288. The van der Waals surface area contributed by atoms with Crippen molar-refractivity contribution in [3.8, 4) is 28.6 Å². The third kappa shape index (κ3) is 5.28. The van der Waals surface area contributed by atoms with Crippen molar-refractivity contribution in [1.29, 1.82) is 0 Å². The number of nitrogens with zero attached hydrogens (tertiary/aromatic N) is 2. The molecule has 1 aromatic heterocycles. The second-order valence-corrected chi connectivity index (χ2v) is 7.70. The molecule has 3 aromatic rings. The largest absolute Gasteiger partial charge is 0.490 e. The number of benzene rings is 2. The zero-order valence-electron chi connectivity index (χ0n) is 17.8. The SMILES string of the molecule is CCOc1ccc(-c2n[nH]c(COc3ccc(C(C)(C)C)cc3)n2)cc1OCC. The van der Waals surface area contributed by atoms with Crippen LogP contribution in [0.25, 0.3) is 11.4 Å². The molecule has 0 amide bonds. The summed E-state index contributed by atoms with van der Waals surface area (Å²) in [5.74, 6) is 3.46. The van der Waals surface area contributed by atoms with Crippen LogP contribution in [0.3, 0.4) is 0 Å². The molecule has 0 aliphatic heterocycles. The molecule has 2 aromatic carbocycles. The third-order valence-electron chi connectivity index (χ3n) is 4.43. The fourth-order valence-corrected chi connectivity index (χ4v) is 2.88. The minimum absolute atomic E-state index is 0.121. The van der Waals surface area contributed by atoms with Crippen molar-refractivity contribution in [3.05, 3.63) is 53.9 Å². The summed E-state index contributed by atoms with van der Waals surface area (Å²) < 4.78 is 17.1. The summed E-state index contributed by atoms with van der Waals surface area (Å²) in [7, 11) is 0. The summed E-state index contributed by atoms with van der Waals surface area (Å²) in [5, 5.41) is 7.25. The molecule has 6 nitrogen and oxygen atoms in total. The number of hydrogen-bond donors (Lipinski definition) is 1. The minimum atomic E-state index is 0.121. The van der Waals surface area contributed by atoms with E-state index in [1.807, 2.05) is 44.2 Å². The molecule has 1 N–H and O–H groups in total. The molecule has 0 bridgehead atoms. The zero-order valence-corrected chi connectivity index (χ0v) is 17.8. The van der Waals surface area contributed by atoms with Gasteiger partial charge in [0.2, 0.25) is 0 Å². The molecule has 3 rings (SSSR count). The molecule has 0 radical (unpaired) electrons. The highest BCUT2D eigenvalue weighted by Gasteiger charge is 2.14. The lowest BCUT2D eigenvalue weighted by Crippen LogP contribution is -2.10. The maximum Gasteiger partial charge on any atom is 0.181 e. The van der Waals surface area contributed by atoms with E-state index in [2.05, 4.69) is 48.1 Å². The van der Waals surface area contributed by atoms with Gasteiger partial charge in [-0.15, -0.1) is 0 Å². The van der Waals surface area contributed by atoms with Gasteiger partial charge in [-0.05, 0) is 55.2 Å². The van der Waals surface area contributed by atoms with E-state index in [1.165, 1.54) is 5.56 Å². The summed E-state index contributed by atoms with van der Waals surface area (Å²) in [6, 6.07) is 13.9. The van der Waals surface area contributed by atoms with E-state index in [0.717, 1.165) is 17.1 Å². The molecule has 0 aliphatic rings. The average Bonchev–Trinajstić information content (AvgIpc) is 3.17. The van der Waals surface area contributed by atoms with E-state index in [0.29, 0.717) is 37.2 Å². The van der Waals surface area contributed by atoms with Crippen LogP contribution < -0.4 is 14.2 Å². The quantitative estimate of drug-likeness (QED) is 0.571. The van der Waals surface area contributed by atoms with Gasteiger partial charge in [-0.1, -0.05) is 32.9 Å². The Hall–Kier alpha value is -3.02. The molecular weight excluding hydrogens is 366 g/mol. The molecule has 0 spiro atoms. The summed E-state index contributed by atoms with van der Waals surface area (Å²) in [4.78, 5) is 4.54. The van der Waals surface area contributed by atoms with Crippen LogP contribution in [0.2, 0.25) is 0 Å². The summed E-state index contributed by atoms with van der Waals surface area (Å²) in [5.41, 5.74) is 2.25. The first-order valence-corrected chi connectivity index (χ1v) is 9.95. The van der Waals surface area contributed by atoms with E-state index >= 15 is 0 Å². The van der Waals surface area contributed by atoms with Crippen molar-refractivity contribution in [1.82, 2.24) is 15.2 Å². The maximum atomic E-state index is 5.84. The number of aromatic nitrogens is 3. The average molecular weight is 396 g/mol. The predicted molar refractivity (Wildman–Crippen MR) is 114 cm³/mol. The smallest absolute Gasteiger partial charge is 0.181 e. The first-order chi connectivity index (χ1) is 13.9. The summed E-state index contributed by atoms with van der Waals surface area (Å²) >= 11 is 0. The first kappa shape index (κ1) is 20.7. The standard InChI is InChI=1S/C23H29N3O3/c1-6-27-19-13-8-16(14-20(19)28-7-2)22-24-21(25-26-22)15-29-18-11-9-17(10-12-18)23(3,4)5/h8-14H,6-7,15H2,1-5H3,(H,24,25,26). The van der Waals surface area contributed by atoms with E-state index in [1.54, 1.807) is 0 Å². The van der Waals surface area contributed by atoms with Gasteiger partial charge < -0.3 is 14.2 Å². The van der Waals surface area contributed by atoms with Crippen LogP contribution in [0.1, 0.15) is 46.0 Å². The molecule has 6 heteroatoms. The van der Waals surface area contributed by atoms with Crippen molar-refractivity contribution in [3.63, 3.8) is 0 Å². The van der Waals surface area contributed by atoms with Gasteiger partial charge in [-0.25, -0.2) is 4.98 Å². The van der Waals surface area contributed by atoms with E-state index in [9.17, 15) is 0 Å². The molecule has 1 heterocycles. The van der Waals surface area contributed by atoms with Crippen LogP contribution in [-0.4, -0.2) is 28.4 Å². The highest BCUT2D eigenvalue weighted by atomic mass is 16.5. The molecule has 0 unspecified atom stereocenters. The van der Waals surface area contributed by atoms with Crippen LogP contribution >= 0.6 is 0 Å². The molecule has 29 heavy (non-hydrogen) atoms. The van der Waals surface area contributed by atoms with Crippen molar-refractivity contribution >= 4 is 0 Å². The topological polar surface area (TPSA) is 69.3 Å². The number of nitrogens with one attached hydrogen (secondary N) is 1. The molecule has 0 saturated heterocycles. The number of rotatable bonds is 8. The third-order valence-corrected chi connectivity index (χ3v) is 4.43. The maximum absolute atomic E-state index is 5.84. The Balaban J connectivity index is 1.68. The monoisotopic (exact) mass is 395 g/mol. The fourth-order valence-electron chi connectivity index (χ4n) is 2.88. The van der Waals surface area contributed by atoms with E-state index in [-0.39, 0.29) is 5.41 Å². The Morgan fingerprint density at radius 2 is 1.55 bits per heavy atom. The van der Waals surface area contributed by atoms with E-state index in [4.69, 9.17) is 14.2 Å². The van der Waals surface area contributed by atoms with Crippen molar-refractivity contribution in [2.45, 2.75) is 46.6 Å². The predicted octanol–water partition coefficient (Wildman–Crippen LogP) is 5.15. The fraction of sp³-hybridized carbons (Fsp3) is 0.391. The number of ether oxygens (including phenoxy) is 3. The van der Waals surface area contributed by atoms with Gasteiger partial charge in [0.25, 0.3) is 0 Å². The van der Waals surface area contributed by atoms with Gasteiger partial charge in [-0.3, -0.25) is 5.10 Å². The van der Waals surface area contributed by atoms with E-state index < -0.39 is 0 Å². The summed E-state index contributed by atoms with van der Waals surface area (Å²) in [6.07, 6.45) is 0. The Labute approximate surface area is 172 Å². The lowest BCUT2D eigenvalue weighted by atomic mass is 9.87. The Bertz CT molecular complexity index is 927. The molecule has 0 aliphatic carbocycles.